The lowest BCUT2D eigenvalue weighted by atomic mass is 10.1. The molecule has 0 spiro atoms. The number of carboxylic acid groups (broad SMARTS) is 1. The largest absolute Gasteiger partial charge is 0.478 e. The maximum absolute atomic E-state index is 11.2. The van der Waals surface area contributed by atoms with E-state index in [1.807, 2.05) is 31.4 Å². The Labute approximate surface area is 166 Å². The number of hydrazone groups is 1. The van der Waals surface area contributed by atoms with Crippen LogP contribution in [-0.2, 0) is 0 Å². The van der Waals surface area contributed by atoms with Crippen LogP contribution in [0, 0.1) is 30.9 Å². The Morgan fingerprint density at radius 2 is 2.00 bits per heavy atom. The van der Waals surface area contributed by atoms with Gasteiger partial charge in [-0.3, -0.25) is 15.5 Å². The molecule has 0 aliphatic carbocycles. The van der Waals surface area contributed by atoms with Gasteiger partial charge in [0.2, 0.25) is 0 Å². The number of aromatic nitrogens is 2. The van der Waals surface area contributed by atoms with Gasteiger partial charge in [-0.15, -0.1) is 0 Å². The second-order valence-corrected chi connectivity index (χ2v) is 6.50. The molecule has 0 saturated heterocycles. The molecule has 9 heteroatoms. The van der Waals surface area contributed by atoms with Gasteiger partial charge in [0.05, 0.1) is 16.7 Å². The molecule has 2 N–H and O–H groups in total. The Morgan fingerprint density at radius 3 is 2.59 bits per heavy atom. The Hall–Kier alpha value is -4.01. The molecule has 0 radical (unpaired) electrons. The average Bonchev–Trinajstić information content (AvgIpc) is 2.95. The first kappa shape index (κ1) is 19.7. The Balaban J connectivity index is 1.83. The predicted molar refractivity (Wildman–Crippen MR) is 109 cm³/mol. The number of pyridine rings is 1. The third-order valence-electron chi connectivity index (χ3n) is 4.50. The summed E-state index contributed by atoms with van der Waals surface area (Å²) in [6.07, 6.45) is 2.80. The lowest BCUT2D eigenvalue weighted by molar-refractivity contribution is -0.385. The normalized spacial score (nSPS) is 11.0. The van der Waals surface area contributed by atoms with Crippen LogP contribution >= 0.6 is 0 Å². The maximum atomic E-state index is 11.2. The van der Waals surface area contributed by atoms with Crippen molar-refractivity contribution in [3.8, 4) is 5.69 Å². The smallest absolute Gasteiger partial charge is 0.335 e. The molecule has 29 heavy (non-hydrogen) atoms. The van der Waals surface area contributed by atoms with E-state index in [0.29, 0.717) is 5.82 Å². The number of nitrogens with one attached hydrogen (secondary N) is 1. The highest BCUT2D eigenvalue weighted by molar-refractivity contribution is 5.88. The third-order valence-corrected chi connectivity index (χ3v) is 4.50. The molecule has 0 unspecified atom stereocenters. The van der Waals surface area contributed by atoms with Crippen LogP contribution in [0.4, 0.5) is 11.5 Å². The van der Waals surface area contributed by atoms with Crippen LogP contribution in [0.1, 0.15) is 32.9 Å². The Bertz CT molecular complexity index is 1120. The number of hydrogen-bond acceptors (Lipinski definition) is 6. The van der Waals surface area contributed by atoms with Gasteiger partial charge in [-0.2, -0.15) is 5.10 Å². The Kier molecular flexibility index (Phi) is 5.40. The molecule has 0 bridgehead atoms. The number of hydrogen-bond donors (Lipinski definition) is 2. The number of rotatable bonds is 6. The van der Waals surface area contributed by atoms with Gasteiger partial charge in [-0.05, 0) is 56.7 Å². The predicted octanol–water partition coefficient (Wildman–Crippen LogP) is 3.85. The Morgan fingerprint density at radius 1 is 1.24 bits per heavy atom. The number of nitro groups is 1. The van der Waals surface area contributed by atoms with E-state index in [9.17, 15) is 14.9 Å². The maximum Gasteiger partial charge on any atom is 0.335 e. The third kappa shape index (κ3) is 4.13. The first-order chi connectivity index (χ1) is 13.8. The highest BCUT2D eigenvalue weighted by Gasteiger charge is 2.13. The van der Waals surface area contributed by atoms with Crippen LogP contribution in [0.3, 0.4) is 0 Å². The summed E-state index contributed by atoms with van der Waals surface area (Å²) in [5.74, 6) is -0.569. The van der Waals surface area contributed by atoms with Crippen LogP contribution in [0.25, 0.3) is 5.69 Å². The fourth-order valence-corrected chi connectivity index (χ4v) is 3.06. The van der Waals surface area contributed by atoms with Crippen LogP contribution in [0.5, 0.6) is 0 Å². The van der Waals surface area contributed by atoms with Gasteiger partial charge in [-0.1, -0.05) is 0 Å². The molecule has 0 fully saturated rings. The lowest BCUT2D eigenvalue weighted by Crippen LogP contribution is -2.04. The van der Waals surface area contributed by atoms with E-state index in [0.717, 1.165) is 34.4 Å². The number of benzene rings is 1. The molecule has 148 valence electrons. The van der Waals surface area contributed by atoms with Crippen molar-refractivity contribution in [3.05, 3.63) is 80.8 Å². The zero-order valence-corrected chi connectivity index (χ0v) is 16.1. The average molecular weight is 393 g/mol. The standard InChI is InChI=1S/C20H19N5O4/c1-12-8-15(20(26)27)4-6-18(12)24-13(2)9-16(14(24)3)10-22-23-19-7-5-17(11-21-19)25(28)29/h4-11H,1-3H3,(H,21,23)(H,26,27)/b22-10-. The van der Waals surface area contributed by atoms with Crippen LogP contribution in [-0.4, -0.2) is 31.8 Å². The van der Waals surface area contributed by atoms with E-state index >= 15 is 0 Å². The van der Waals surface area contributed by atoms with E-state index in [4.69, 9.17) is 5.11 Å². The van der Waals surface area contributed by atoms with Crippen molar-refractivity contribution in [2.75, 3.05) is 5.43 Å². The van der Waals surface area contributed by atoms with Gasteiger partial charge >= 0.3 is 5.97 Å². The first-order valence-electron chi connectivity index (χ1n) is 8.70. The molecule has 9 nitrogen and oxygen atoms in total. The SMILES string of the molecule is Cc1cc(C(=O)O)ccc1-n1c(C)cc(/C=N\Nc2ccc([N+](=O)[O-])cn2)c1C. The van der Waals surface area contributed by atoms with Gasteiger partial charge in [0.1, 0.15) is 12.0 Å². The fourth-order valence-electron chi connectivity index (χ4n) is 3.06. The van der Waals surface area contributed by atoms with Crippen molar-refractivity contribution in [1.29, 1.82) is 0 Å². The molecule has 0 saturated carbocycles. The van der Waals surface area contributed by atoms with Gasteiger partial charge in [0, 0.05) is 28.7 Å². The quantitative estimate of drug-likeness (QED) is 0.372. The minimum Gasteiger partial charge on any atom is -0.478 e. The molecule has 1 aromatic carbocycles. The number of carbonyl (C=O) groups is 1. The van der Waals surface area contributed by atoms with E-state index in [1.165, 1.54) is 12.1 Å². The molecule has 0 atom stereocenters. The van der Waals surface area contributed by atoms with Gasteiger partial charge in [0.15, 0.2) is 0 Å². The molecule has 0 aliphatic rings. The zero-order chi connectivity index (χ0) is 21.1. The summed E-state index contributed by atoms with van der Waals surface area (Å²) in [4.78, 5) is 25.2. The van der Waals surface area contributed by atoms with Gasteiger partial charge < -0.3 is 9.67 Å². The van der Waals surface area contributed by atoms with Gasteiger partial charge in [0.25, 0.3) is 5.69 Å². The van der Waals surface area contributed by atoms with E-state index < -0.39 is 10.9 Å². The summed E-state index contributed by atoms with van der Waals surface area (Å²) in [6.45, 7) is 5.78. The molecular formula is C20H19N5O4. The highest BCUT2D eigenvalue weighted by atomic mass is 16.6. The van der Waals surface area contributed by atoms with Crippen LogP contribution < -0.4 is 5.43 Å². The monoisotopic (exact) mass is 393 g/mol. The van der Waals surface area contributed by atoms with Gasteiger partial charge in [-0.25, -0.2) is 9.78 Å². The fraction of sp³-hybridized carbons (Fsp3) is 0.150. The number of aryl methyl sites for hydroxylation is 2. The molecule has 0 aliphatic heterocycles. The summed E-state index contributed by atoms with van der Waals surface area (Å²) < 4.78 is 2.03. The number of nitrogens with zero attached hydrogens (tertiary/aromatic N) is 4. The second-order valence-electron chi connectivity index (χ2n) is 6.50. The molecule has 2 aromatic heterocycles. The summed E-state index contributed by atoms with van der Waals surface area (Å²) in [7, 11) is 0. The van der Waals surface area contributed by atoms with Crippen molar-refractivity contribution in [2.24, 2.45) is 5.10 Å². The van der Waals surface area contributed by atoms with Crippen molar-refractivity contribution >= 4 is 23.7 Å². The second kappa shape index (κ2) is 7.93. The molecule has 3 aromatic rings. The number of anilines is 1. The topological polar surface area (TPSA) is 123 Å². The minimum atomic E-state index is -0.959. The zero-order valence-electron chi connectivity index (χ0n) is 16.1. The number of aromatic carboxylic acids is 1. The van der Waals surface area contributed by atoms with E-state index in [2.05, 4.69) is 15.5 Å². The van der Waals surface area contributed by atoms with Crippen molar-refractivity contribution < 1.29 is 14.8 Å². The molecular weight excluding hydrogens is 374 g/mol. The highest BCUT2D eigenvalue weighted by Crippen LogP contribution is 2.23. The molecule has 2 heterocycles. The van der Waals surface area contributed by atoms with Crippen molar-refractivity contribution in [2.45, 2.75) is 20.8 Å². The van der Waals surface area contributed by atoms with E-state index in [-0.39, 0.29) is 11.3 Å². The van der Waals surface area contributed by atoms with Crippen molar-refractivity contribution in [3.63, 3.8) is 0 Å². The number of carboxylic acids is 1. The lowest BCUT2D eigenvalue weighted by Gasteiger charge is -2.13. The first-order valence-corrected chi connectivity index (χ1v) is 8.70. The van der Waals surface area contributed by atoms with E-state index in [1.54, 1.807) is 24.4 Å². The van der Waals surface area contributed by atoms with Crippen LogP contribution in [0.2, 0.25) is 0 Å². The summed E-state index contributed by atoms with van der Waals surface area (Å²) >= 11 is 0. The minimum absolute atomic E-state index is 0.0904. The molecule has 0 amide bonds. The van der Waals surface area contributed by atoms with Crippen molar-refractivity contribution in [1.82, 2.24) is 9.55 Å². The summed E-state index contributed by atoms with van der Waals surface area (Å²) in [6, 6.07) is 9.81. The van der Waals surface area contributed by atoms with Crippen LogP contribution in [0.15, 0.2) is 47.7 Å². The summed E-state index contributed by atoms with van der Waals surface area (Å²) in [5, 5.41) is 24.0. The summed E-state index contributed by atoms with van der Waals surface area (Å²) in [5.41, 5.74) is 7.44. The molecule has 3 rings (SSSR count).